The molecule has 1 N–H and O–H groups in total. The monoisotopic (exact) mass is 386 g/mol. The van der Waals surface area contributed by atoms with Crippen molar-refractivity contribution in [1.29, 1.82) is 0 Å². The number of nitrogens with zero attached hydrogens (tertiary/aromatic N) is 4. The number of fused-ring (bicyclic) bond motifs is 1. The third kappa shape index (κ3) is 2.75. The molecule has 0 amide bonds. The van der Waals surface area contributed by atoms with Crippen LogP contribution in [-0.4, -0.2) is 30.3 Å². The van der Waals surface area contributed by atoms with E-state index in [9.17, 15) is 24.8 Å². The summed E-state index contributed by atoms with van der Waals surface area (Å²) in [6, 6.07) is 4.74. The summed E-state index contributed by atoms with van der Waals surface area (Å²) in [5.41, 5.74) is -0.0676. The second-order valence-electron chi connectivity index (χ2n) is 7.54. The molecule has 0 aliphatic heterocycles. The highest BCUT2D eigenvalue weighted by atomic mass is 16.6. The quantitative estimate of drug-likeness (QED) is 0.541. The minimum atomic E-state index is -0.810. The SMILES string of the molecule is Cc1ccc(-c2c3c(=O)n(C)c(=O)n(C)c3cn2C(C)(C)CO)cc1[N+](=O)[O-]. The summed E-state index contributed by atoms with van der Waals surface area (Å²) in [6.07, 6.45) is 1.63. The highest BCUT2D eigenvalue weighted by Crippen LogP contribution is 2.35. The van der Waals surface area contributed by atoms with Gasteiger partial charge < -0.3 is 9.67 Å². The normalized spacial score (nSPS) is 11.9. The summed E-state index contributed by atoms with van der Waals surface area (Å²) >= 11 is 0. The lowest BCUT2D eigenvalue weighted by Crippen LogP contribution is -2.36. The molecule has 0 saturated carbocycles. The molecule has 0 unspecified atom stereocenters. The minimum absolute atomic E-state index is 0.0677. The van der Waals surface area contributed by atoms with Crippen molar-refractivity contribution in [1.82, 2.24) is 13.7 Å². The summed E-state index contributed by atoms with van der Waals surface area (Å²) in [7, 11) is 2.95. The van der Waals surface area contributed by atoms with Crippen molar-refractivity contribution < 1.29 is 10.0 Å². The number of nitro groups is 1. The lowest BCUT2D eigenvalue weighted by molar-refractivity contribution is -0.385. The molecule has 2 heterocycles. The van der Waals surface area contributed by atoms with Crippen LogP contribution in [-0.2, 0) is 19.6 Å². The first-order valence-electron chi connectivity index (χ1n) is 8.69. The van der Waals surface area contributed by atoms with Crippen LogP contribution in [0.15, 0.2) is 34.0 Å². The van der Waals surface area contributed by atoms with Gasteiger partial charge in [-0.05, 0) is 20.8 Å². The average Bonchev–Trinajstić information content (AvgIpc) is 3.06. The standard InChI is InChI=1S/C19H22N4O5/c1-11-6-7-12(8-13(11)23(27)28)16-15-14(9-22(16)19(2,3)10-24)20(4)18(26)21(5)17(15)25/h6-9,24H,10H2,1-5H3. The first kappa shape index (κ1) is 19.6. The Hall–Kier alpha value is -3.20. The Morgan fingerprint density at radius 1 is 1.18 bits per heavy atom. The van der Waals surface area contributed by atoms with Crippen LogP contribution >= 0.6 is 0 Å². The zero-order valence-electron chi connectivity index (χ0n) is 16.4. The van der Waals surface area contributed by atoms with Crippen molar-refractivity contribution in [2.24, 2.45) is 14.1 Å². The molecule has 9 nitrogen and oxygen atoms in total. The molecule has 3 aromatic rings. The molecular formula is C19H22N4O5. The van der Waals surface area contributed by atoms with Gasteiger partial charge >= 0.3 is 5.69 Å². The number of aliphatic hydroxyl groups excluding tert-OH is 1. The molecular weight excluding hydrogens is 364 g/mol. The Bertz CT molecular complexity index is 1230. The van der Waals surface area contributed by atoms with E-state index in [4.69, 9.17) is 0 Å². The number of nitro benzene ring substituents is 1. The first-order chi connectivity index (χ1) is 13.0. The van der Waals surface area contributed by atoms with E-state index in [1.807, 2.05) is 0 Å². The number of hydrogen-bond donors (Lipinski definition) is 1. The van der Waals surface area contributed by atoms with Crippen LogP contribution in [0.1, 0.15) is 19.4 Å². The number of aromatic nitrogens is 3. The van der Waals surface area contributed by atoms with Crippen LogP contribution in [0.5, 0.6) is 0 Å². The number of hydrogen-bond acceptors (Lipinski definition) is 5. The molecule has 9 heteroatoms. The second kappa shape index (κ2) is 6.45. The van der Waals surface area contributed by atoms with Gasteiger partial charge in [-0.3, -0.25) is 24.0 Å². The molecule has 0 radical (unpaired) electrons. The first-order valence-corrected chi connectivity index (χ1v) is 8.69. The topological polar surface area (TPSA) is 112 Å². The van der Waals surface area contributed by atoms with E-state index in [1.54, 1.807) is 50.7 Å². The summed E-state index contributed by atoms with van der Waals surface area (Å²) in [6.45, 7) is 4.96. The van der Waals surface area contributed by atoms with E-state index in [0.717, 1.165) is 4.57 Å². The van der Waals surface area contributed by atoms with E-state index in [-0.39, 0.29) is 17.7 Å². The Morgan fingerprint density at radius 2 is 1.82 bits per heavy atom. The molecule has 1 aromatic carbocycles. The summed E-state index contributed by atoms with van der Waals surface area (Å²) in [4.78, 5) is 36.2. The van der Waals surface area contributed by atoms with Gasteiger partial charge in [0.25, 0.3) is 11.2 Å². The number of rotatable bonds is 4. The predicted octanol–water partition coefficient (Wildman–Crippen LogP) is 1.65. The summed E-state index contributed by atoms with van der Waals surface area (Å²) < 4.78 is 4.06. The van der Waals surface area contributed by atoms with Crippen LogP contribution in [0, 0.1) is 17.0 Å². The Balaban J connectivity index is 2.56. The van der Waals surface area contributed by atoms with Crippen LogP contribution in [0.2, 0.25) is 0 Å². The van der Waals surface area contributed by atoms with E-state index < -0.39 is 21.7 Å². The van der Waals surface area contributed by atoms with Gasteiger partial charge in [0, 0.05) is 37.5 Å². The smallest absolute Gasteiger partial charge is 0.330 e. The lowest BCUT2D eigenvalue weighted by atomic mass is 10.0. The largest absolute Gasteiger partial charge is 0.394 e. The molecule has 0 atom stereocenters. The van der Waals surface area contributed by atoms with Gasteiger partial charge in [-0.2, -0.15) is 0 Å². The van der Waals surface area contributed by atoms with E-state index in [2.05, 4.69) is 0 Å². The van der Waals surface area contributed by atoms with Crippen molar-refractivity contribution in [2.45, 2.75) is 26.3 Å². The molecule has 148 valence electrons. The van der Waals surface area contributed by atoms with Gasteiger partial charge in [-0.15, -0.1) is 0 Å². The third-order valence-corrected chi connectivity index (χ3v) is 5.16. The molecule has 28 heavy (non-hydrogen) atoms. The molecule has 2 aromatic heterocycles. The van der Waals surface area contributed by atoms with E-state index in [1.165, 1.54) is 17.7 Å². The predicted molar refractivity (Wildman–Crippen MR) is 106 cm³/mol. The zero-order valence-corrected chi connectivity index (χ0v) is 16.4. The second-order valence-corrected chi connectivity index (χ2v) is 7.54. The highest BCUT2D eigenvalue weighted by Gasteiger charge is 2.28. The van der Waals surface area contributed by atoms with Crippen molar-refractivity contribution in [3.63, 3.8) is 0 Å². The fraction of sp³-hybridized carbons (Fsp3) is 0.368. The molecule has 0 spiro atoms. The number of benzene rings is 1. The van der Waals surface area contributed by atoms with Gasteiger partial charge in [-0.25, -0.2) is 4.79 Å². The zero-order chi connectivity index (χ0) is 21.0. The van der Waals surface area contributed by atoms with Crippen LogP contribution in [0.4, 0.5) is 5.69 Å². The molecule has 0 bridgehead atoms. The van der Waals surface area contributed by atoms with Gasteiger partial charge in [0.15, 0.2) is 0 Å². The van der Waals surface area contributed by atoms with Crippen molar-refractivity contribution in [2.75, 3.05) is 6.61 Å². The number of aliphatic hydroxyl groups is 1. The maximum absolute atomic E-state index is 12.9. The van der Waals surface area contributed by atoms with Crippen LogP contribution in [0.3, 0.4) is 0 Å². The molecule has 0 fully saturated rings. The summed E-state index contributed by atoms with van der Waals surface area (Å²) in [5.74, 6) is 0. The van der Waals surface area contributed by atoms with Crippen molar-refractivity contribution >= 4 is 16.6 Å². The average molecular weight is 386 g/mol. The molecule has 0 aliphatic carbocycles. The number of aryl methyl sites for hydroxylation is 2. The maximum atomic E-state index is 12.9. The summed E-state index contributed by atoms with van der Waals surface area (Å²) in [5, 5.41) is 21.6. The van der Waals surface area contributed by atoms with Crippen LogP contribution in [0.25, 0.3) is 22.2 Å². The fourth-order valence-corrected chi connectivity index (χ4v) is 3.33. The third-order valence-electron chi connectivity index (χ3n) is 5.16. The molecule has 0 aliphatic rings. The Labute approximate surface area is 160 Å². The maximum Gasteiger partial charge on any atom is 0.330 e. The lowest BCUT2D eigenvalue weighted by Gasteiger charge is -2.27. The van der Waals surface area contributed by atoms with Gasteiger partial charge in [0.1, 0.15) is 0 Å². The highest BCUT2D eigenvalue weighted by molar-refractivity contribution is 5.94. The van der Waals surface area contributed by atoms with Gasteiger partial charge in [-0.1, -0.05) is 12.1 Å². The van der Waals surface area contributed by atoms with Gasteiger partial charge in [0.05, 0.1) is 33.7 Å². The molecule has 0 saturated heterocycles. The Kier molecular flexibility index (Phi) is 4.50. The fourth-order valence-electron chi connectivity index (χ4n) is 3.33. The van der Waals surface area contributed by atoms with E-state index >= 15 is 0 Å². The van der Waals surface area contributed by atoms with Gasteiger partial charge in [0.2, 0.25) is 0 Å². The van der Waals surface area contributed by atoms with E-state index in [0.29, 0.717) is 22.3 Å². The van der Waals surface area contributed by atoms with Crippen LogP contribution < -0.4 is 11.2 Å². The minimum Gasteiger partial charge on any atom is -0.394 e. The Morgan fingerprint density at radius 3 is 2.39 bits per heavy atom. The van der Waals surface area contributed by atoms with Crippen molar-refractivity contribution in [3.8, 4) is 11.3 Å². The molecule has 3 rings (SSSR count). The van der Waals surface area contributed by atoms with Crippen molar-refractivity contribution in [3.05, 3.63) is 60.9 Å².